The van der Waals surface area contributed by atoms with Gasteiger partial charge < -0.3 is 5.32 Å². The molecule has 0 aliphatic rings. The molecule has 0 aliphatic heterocycles. The molecule has 0 radical (unpaired) electrons. The van der Waals surface area contributed by atoms with Gasteiger partial charge in [0.05, 0.1) is 18.2 Å². The Hall–Kier alpha value is -4.17. The van der Waals surface area contributed by atoms with Crippen LogP contribution in [0.5, 0.6) is 0 Å². The lowest BCUT2D eigenvalue weighted by Gasteiger charge is -2.12. The molecular weight excluding hydrogens is 372 g/mol. The van der Waals surface area contributed by atoms with Gasteiger partial charge in [-0.3, -0.25) is 9.48 Å². The normalized spacial score (nSPS) is 10.4. The molecule has 1 amide bonds. The van der Waals surface area contributed by atoms with Gasteiger partial charge in [0, 0.05) is 24.5 Å². The fourth-order valence-electron chi connectivity index (χ4n) is 3.33. The van der Waals surface area contributed by atoms with Crippen molar-refractivity contribution in [3.05, 3.63) is 114 Å². The molecule has 146 valence electrons. The van der Waals surface area contributed by atoms with Crippen LogP contribution in [0.2, 0.25) is 0 Å². The molecule has 5 heteroatoms. The molecule has 0 unspecified atom stereocenters. The van der Waals surface area contributed by atoms with E-state index in [9.17, 15) is 4.79 Å². The van der Waals surface area contributed by atoms with Crippen LogP contribution in [-0.4, -0.2) is 15.7 Å². The largest absolute Gasteiger partial charge is 0.348 e. The zero-order chi connectivity index (χ0) is 20.8. The smallest absolute Gasteiger partial charge is 0.251 e. The number of carbonyl (C=O) groups excluding carboxylic acids is 1. The molecule has 4 aromatic rings. The van der Waals surface area contributed by atoms with Gasteiger partial charge in [-0.15, -0.1) is 0 Å². The zero-order valence-corrected chi connectivity index (χ0v) is 16.3. The molecule has 1 N–H and O–H groups in total. The molecule has 1 aromatic heterocycles. The standard InChI is InChI=1S/C25H20N4O/c26-16-20-5-3-7-22(15-20)25(30)27-17-23-6-1-2-8-24(23)21-11-9-19(10-12-21)18-29-14-4-13-28-29/h1-15H,17-18H2,(H,27,30). The van der Waals surface area contributed by atoms with E-state index in [0.29, 0.717) is 17.7 Å². The lowest BCUT2D eigenvalue weighted by Crippen LogP contribution is -2.23. The quantitative estimate of drug-likeness (QED) is 0.529. The van der Waals surface area contributed by atoms with Crippen molar-refractivity contribution in [1.82, 2.24) is 15.1 Å². The maximum atomic E-state index is 12.5. The van der Waals surface area contributed by atoms with Crippen LogP contribution in [0.4, 0.5) is 0 Å². The Morgan fingerprint density at radius 1 is 1.00 bits per heavy atom. The molecule has 0 saturated heterocycles. The van der Waals surface area contributed by atoms with Crippen LogP contribution in [0.3, 0.4) is 0 Å². The highest BCUT2D eigenvalue weighted by atomic mass is 16.1. The lowest BCUT2D eigenvalue weighted by atomic mass is 9.98. The fraction of sp³-hybridized carbons (Fsp3) is 0.0800. The van der Waals surface area contributed by atoms with Crippen molar-refractivity contribution < 1.29 is 4.79 Å². The fourth-order valence-corrected chi connectivity index (χ4v) is 3.33. The van der Waals surface area contributed by atoms with Gasteiger partial charge in [-0.05, 0) is 46.5 Å². The molecule has 30 heavy (non-hydrogen) atoms. The second-order valence-corrected chi connectivity index (χ2v) is 6.93. The first kappa shape index (κ1) is 19.2. The minimum atomic E-state index is -0.198. The third kappa shape index (κ3) is 4.45. The Bertz CT molecular complexity index is 1190. The number of hydrogen-bond acceptors (Lipinski definition) is 3. The summed E-state index contributed by atoms with van der Waals surface area (Å²) in [7, 11) is 0. The predicted octanol–water partition coefficient (Wildman–Crippen LogP) is 4.40. The maximum absolute atomic E-state index is 12.5. The second kappa shape index (κ2) is 8.89. The first-order valence-electron chi connectivity index (χ1n) is 9.66. The highest BCUT2D eigenvalue weighted by Gasteiger charge is 2.09. The zero-order valence-electron chi connectivity index (χ0n) is 16.3. The number of rotatable bonds is 6. The highest BCUT2D eigenvalue weighted by molar-refractivity contribution is 5.94. The van der Waals surface area contributed by atoms with Crippen LogP contribution >= 0.6 is 0 Å². The number of hydrogen-bond donors (Lipinski definition) is 1. The van der Waals surface area contributed by atoms with Crippen molar-refractivity contribution in [2.45, 2.75) is 13.1 Å². The average molecular weight is 392 g/mol. The van der Waals surface area contributed by atoms with Crippen LogP contribution in [0.15, 0.2) is 91.3 Å². The summed E-state index contributed by atoms with van der Waals surface area (Å²) in [4.78, 5) is 12.5. The van der Waals surface area contributed by atoms with Crippen LogP contribution in [0.25, 0.3) is 11.1 Å². The number of carbonyl (C=O) groups is 1. The SMILES string of the molecule is N#Cc1cccc(C(=O)NCc2ccccc2-c2ccc(Cn3cccn3)cc2)c1. The van der Waals surface area contributed by atoms with Crippen molar-refractivity contribution in [1.29, 1.82) is 5.26 Å². The molecule has 0 spiro atoms. The molecule has 3 aromatic carbocycles. The third-order valence-corrected chi connectivity index (χ3v) is 4.88. The molecule has 0 aliphatic carbocycles. The Kier molecular flexibility index (Phi) is 5.68. The predicted molar refractivity (Wildman–Crippen MR) is 116 cm³/mol. The maximum Gasteiger partial charge on any atom is 0.251 e. The number of benzene rings is 3. The monoisotopic (exact) mass is 392 g/mol. The summed E-state index contributed by atoms with van der Waals surface area (Å²) in [6.07, 6.45) is 3.72. The average Bonchev–Trinajstić information content (AvgIpc) is 3.31. The van der Waals surface area contributed by atoms with E-state index in [-0.39, 0.29) is 5.91 Å². The second-order valence-electron chi connectivity index (χ2n) is 6.93. The van der Waals surface area contributed by atoms with Gasteiger partial charge >= 0.3 is 0 Å². The molecule has 0 atom stereocenters. The van der Waals surface area contributed by atoms with Gasteiger partial charge in [0.15, 0.2) is 0 Å². The Morgan fingerprint density at radius 2 is 1.83 bits per heavy atom. The van der Waals surface area contributed by atoms with Crippen molar-refractivity contribution in [3.63, 3.8) is 0 Å². The van der Waals surface area contributed by atoms with Crippen LogP contribution in [-0.2, 0) is 13.1 Å². The van der Waals surface area contributed by atoms with Crippen LogP contribution < -0.4 is 5.32 Å². The molecule has 0 saturated carbocycles. The summed E-state index contributed by atoms with van der Waals surface area (Å²) in [5, 5.41) is 16.2. The van der Waals surface area contributed by atoms with Gasteiger partial charge in [-0.2, -0.15) is 10.4 Å². The van der Waals surface area contributed by atoms with Gasteiger partial charge in [-0.25, -0.2) is 0 Å². The summed E-state index contributed by atoms with van der Waals surface area (Å²) in [6.45, 7) is 1.13. The minimum absolute atomic E-state index is 0.198. The van der Waals surface area contributed by atoms with E-state index in [0.717, 1.165) is 23.2 Å². The van der Waals surface area contributed by atoms with Gasteiger partial charge in [0.2, 0.25) is 0 Å². The molecule has 4 rings (SSSR count). The number of amides is 1. The van der Waals surface area contributed by atoms with E-state index in [1.165, 1.54) is 5.56 Å². The Balaban J connectivity index is 1.48. The summed E-state index contributed by atoms with van der Waals surface area (Å²) in [5.74, 6) is -0.198. The van der Waals surface area contributed by atoms with Crippen LogP contribution in [0, 0.1) is 11.3 Å². The summed E-state index contributed by atoms with van der Waals surface area (Å²) in [5.41, 5.74) is 5.32. The summed E-state index contributed by atoms with van der Waals surface area (Å²) < 4.78 is 1.89. The number of nitriles is 1. The van der Waals surface area contributed by atoms with Crippen molar-refractivity contribution >= 4 is 5.91 Å². The van der Waals surface area contributed by atoms with Gasteiger partial charge in [0.25, 0.3) is 5.91 Å². The molecule has 5 nitrogen and oxygen atoms in total. The number of aromatic nitrogens is 2. The summed E-state index contributed by atoms with van der Waals surface area (Å²) >= 11 is 0. The minimum Gasteiger partial charge on any atom is -0.348 e. The van der Waals surface area contributed by atoms with E-state index in [2.05, 4.69) is 46.8 Å². The van der Waals surface area contributed by atoms with E-state index >= 15 is 0 Å². The van der Waals surface area contributed by atoms with Gasteiger partial charge in [-0.1, -0.05) is 54.6 Å². The van der Waals surface area contributed by atoms with E-state index in [4.69, 9.17) is 5.26 Å². The van der Waals surface area contributed by atoms with Crippen molar-refractivity contribution in [2.24, 2.45) is 0 Å². The molecular formula is C25H20N4O. The number of nitrogens with one attached hydrogen (secondary N) is 1. The van der Waals surface area contributed by atoms with E-state index in [1.54, 1.807) is 30.5 Å². The highest BCUT2D eigenvalue weighted by Crippen LogP contribution is 2.24. The van der Waals surface area contributed by atoms with Gasteiger partial charge in [0.1, 0.15) is 0 Å². The van der Waals surface area contributed by atoms with Crippen molar-refractivity contribution in [2.75, 3.05) is 0 Å². The number of nitrogens with zero attached hydrogens (tertiary/aromatic N) is 3. The van der Waals surface area contributed by atoms with Crippen molar-refractivity contribution in [3.8, 4) is 17.2 Å². The van der Waals surface area contributed by atoms with E-state index in [1.807, 2.05) is 35.1 Å². The molecule has 0 fully saturated rings. The molecule has 0 bridgehead atoms. The topological polar surface area (TPSA) is 70.7 Å². The third-order valence-electron chi connectivity index (χ3n) is 4.88. The first-order valence-corrected chi connectivity index (χ1v) is 9.66. The lowest BCUT2D eigenvalue weighted by molar-refractivity contribution is 0.0951. The Labute approximate surface area is 175 Å². The molecule has 1 heterocycles. The van der Waals surface area contributed by atoms with Crippen LogP contribution in [0.1, 0.15) is 27.0 Å². The first-order chi connectivity index (χ1) is 14.7. The summed E-state index contributed by atoms with van der Waals surface area (Å²) in [6, 6.07) is 27.1. The van der Waals surface area contributed by atoms with E-state index < -0.39 is 0 Å². The Morgan fingerprint density at radius 3 is 2.60 bits per heavy atom.